The molecule has 178 valence electrons. The number of sulfonamides is 1. The third-order valence-corrected chi connectivity index (χ3v) is 7.88. The Morgan fingerprint density at radius 3 is 2.24 bits per heavy atom. The minimum atomic E-state index is -3.57. The highest BCUT2D eigenvalue weighted by molar-refractivity contribution is 7.89. The molecule has 9 nitrogen and oxygen atoms in total. The summed E-state index contributed by atoms with van der Waals surface area (Å²) in [6, 6.07) is 8.48. The highest BCUT2D eigenvalue weighted by atomic mass is 32.2. The van der Waals surface area contributed by atoms with Gasteiger partial charge < -0.3 is 14.8 Å². The summed E-state index contributed by atoms with van der Waals surface area (Å²) in [6.45, 7) is 5.30. The fourth-order valence-electron chi connectivity index (χ4n) is 4.20. The van der Waals surface area contributed by atoms with Crippen molar-refractivity contribution in [2.24, 2.45) is 0 Å². The van der Waals surface area contributed by atoms with Gasteiger partial charge in [-0.05, 0) is 69.9 Å². The summed E-state index contributed by atoms with van der Waals surface area (Å²) in [6.07, 6.45) is 3.23. The van der Waals surface area contributed by atoms with Gasteiger partial charge in [0.15, 0.2) is 0 Å². The van der Waals surface area contributed by atoms with Crippen molar-refractivity contribution in [3.63, 3.8) is 0 Å². The Bertz CT molecular complexity index is 1060. The molecule has 2 heterocycles. The molecule has 0 atom stereocenters. The molecular weight excluding hydrogens is 444 g/mol. The smallest absolute Gasteiger partial charge is 0.317 e. The average Bonchev–Trinajstić information content (AvgIpc) is 2.80. The SMILES string of the molecule is Cc1cc(C)nc(OC2CCC(NC(=O)c3ccc(S(=O)(=O)N4CCOCC4)cc3)CC2)n1. The van der Waals surface area contributed by atoms with Crippen LogP contribution in [-0.2, 0) is 14.8 Å². The number of amides is 1. The van der Waals surface area contributed by atoms with Gasteiger partial charge in [-0.15, -0.1) is 0 Å². The maximum Gasteiger partial charge on any atom is 0.317 e. The van der Waals surface area contributed by atoms with Crippen molar-refractivity contribution in [3.05, 3.63) is 47.3 Å². The lowest BCUT2D eigenvalue weighted by Gasteiger charge is -2.29. The van der Waals surface area contributed by atoms with Gasteiger partial charge in [-0.25, -0.2) is 18.4 Å². The molecule has 1 aromatic heterocycles. The third-order valence-electron chi connectivity index (χ3n) is 5.97. The van der Waals surface area contributed by atoms with Gasteiger partial charge in [-0.1, -0.05) is 0 Å². The van der Waals surface area contributed by atoms with Crippen LogP contribution < -0.4 is 10.1 Å². The zero-order valence-electron chi connectivity index (χ0n) is 19.0. The van der Waals surface area contributed by atoms with Crippen molar-refractivity contribution in [1.29, 1.82) is 0 Å². The molecule has 0 spiro atoms. The Morgan fingerprint density at radius 1 is 1.03 bits per heavy atom. The first kappa shape index (κ1) is 23.6. The van der Waals surface area contributed by atoms with Crippen molar-refractivity contribution in [1.82, 2.24) is 19.6 Å². The van der Waals surface area contributed by atoms with Crippen LogP contribution in [0.15, 0.2) is 35.2 Å². The van der Waals surface area contributed by atoms with Gasteiger partial charge in [0.2, 0.25) is 10.0 Å². The number of morpholine rings is 1. The number of rotatable bonds is 6. The molecule has 2 fully saturated rings. The number of hydrogen-bond acceptors (Lipinski definition) is 7. The second-order valence-corrected chi connectivity index (χ2v) is 10.5. The van der Waals surface area contributed by atoms with Gasteiger partial charge in [0.1, 0.15) is 6.10 Å². The Balaban J connectivity index is 1.29. The summed E-state index contributed by atoms with van der Waals surface area (Å²) >= 11 is 0. The molecule has 4 rings (SSSR count). The average molecular weight is 475 g/mol. The van der Waals surface area contributed by atoms with E-state index in [2.05, 4.69) is 15.3 Å². The van der Waals surface area contributed by atoms with Gasteiger partial charge in [0, 0.05) is 36.1 Å². The van der Waals surface area contributed by atoms with Gasteiger partial charge in [0.25, 0.3) is 5.91 Å². The second kappa shape index (κ2) is 10.1. The summed E-state index contributed by atoms with van der Waals surface area (Å²) < 4.78 is 38.1. The molecule has 1 aromatic carbocycles. The van der Waals surface area contributed by atoms with E-state index in [0.29, 0.717) is 37.9 Å². The number of aromatic nitrogens is 2. The molecule has 10 heteroatoms. The Morgan fingerprint density at radius 2 is 1.64 bits per heavy atom. The van der Waals surface area contributed by atoms with E-state index in [1.165, 1.54) is 16.4 Å². The molecule has 1 saturated heterocycles. The molecule has 2 aromatic rings. The van der Waals surface area contributed by atoms with Crippen LogP contribution >= 0.6 is 0 Å². The number of aryl methyl sites for hydroxylation is 2. The van der Waals surface area contributed by atoms with Crippen LogP contribution in [-0.4, -0.2) is 67.0 Å². The molecule has 0 bridgehead atoms. The first-order valence-corrected chi connectivity index (χ1v) is 12.7. The third kappa shape index (κ3) is 5.87. The molecule has 1 aliphatic carbocycles. The lowest BCUT2D eigenvalue weighted by atomic mass is 9.92. The maximum atomic E-state index is 12.7. The quantitative estimate of drug-likeness (QED) is 0.683. The van der Waals surface area contributed by atoms with Crippen LogP contribution in [0.1, 0.15) is 47.4 Å². The molecule has 33 heavy (non-hydrogen) atoms. The van der Waals surface area contributed by atoms with Crippen LogP contribution in [0.2, 0.25) is 0 Å². The van der Waals surface area contributed by atoms with E-state index in [9.17, 15) is 13.2 Å². The minimum absolute atomic E-state index is 0.0315. The number of hydrogen-bond donors (Lipinski definition) is 1. The van der Waals surface area contributed by atoms with Gasteiger partial charge in [0.05, 0.1) is 18.1 Å². The molecule has 1 saturated carbocycles. The van der Waals surface area contributed by atoms with Crippen molar-refractivity contribution in [2.45, 2.75) is 56.6 Å². The summed E-state index contributed by atoms with van der Waals surface area (Å²) in [5.74, 6) is -0.202. The number of nitrogens with one attached hydrogen (secondary N) is 1. The van der Waals surface area contributed by atoms with E-state index in [4.69, 9.17) is 9.47 Å². The van der Waals surface area contributed by atoms with Crippen molar-refractivity contribution in [2.75, 3.05) is 26.3 Å². The lowest BCUT2D eigenvalue weighted by molar-refractivity contribution is 0.0730. The molecule has 1 aliphatic heterocycles. The molecular formula is C23H30N4O5S. The normalized spacial score (nSPS) is 22.0. The molecule has 0 radical (unpaired) electrons. The summed E-state index contributed by atoms with van der Waals surface area (Å²) in [7, 11) is -3.57. The van der Waals surface area contributed by atoms with Gasteiger partial charge in [-0.3, -0.25) is 4.79 Å². The number of carbonyl (C=O) groups is 1. The zero-order chi connectivity index (χ0) is 23.4. The molecule has 1 N–H and O–H groups in total. The van der Waals surface area contributed by atoms with Gasteiger partial charge >= 0.3 is 6.01 Å². The first-order chi connectivity index (χ1) is 15.8. The first-order valence-electron chi connectivity index (χ1n) is 11.3. The standard InChI is InChI=1S/C23H30N4O5S/c1-16-15-17(2)25-23(24-16)32-20-7-5-19(6-8-20)26-22(28)18-3-9-21(10-4-18)33(29,30)27-11-13-31-14-12-27/h3-4,9-10,15,19-20H,5-8,11-14H2,1-2H3,(H,26,28). The minimum Gasteiger partial charge on any atom is -0.460 e. The Labute approximate surface area is 194 Å². The van der Waals surface area contributed by atoms with Crippen molar-refractivity contribution < 1.29 is 22.7 Å². The van der Waals surface area contributed by atoms with E-state index in [1.807, 2.05) is 19.9 Å². The number of nitrogens with zero attached hydrogens (tertiary/aromatic N) is 3. The molecule has 1 amide bonds. The van der Waals surface area contributed by atoms with Gasteiger partial charge in [-0.2, -0.15) is 4.31 Å². The lowest BCUT2D eigenvalue weighted by Crippen LogP contribution is -2.40. The number of benzene rings is 1. The van der Waals surface area contributed by atoms with E-state index in [-0.39, 0.29) is 22.9 Å². The van der Waals surface area contributed by atoms with E-state index >= 15 is 0 Å². The van der Waals surface area contributed by atoms with E-state index < -0.39 is 10.0 Å². The molecule has 0 unspecified atom stereocenters. The Kier molecular flexibility index (Phi) is 7.26. The second-order valence-electron chi connectivity index (χ2n) is 8.54. The highest BCUT2D eigenvalue weighted by Gasteiger charge is 2.27. The highest BCUT2D eigenvalue weighted by Crippen LogP contribution is 2.23. The summed E-state index contributed by atoms with van der Waals surface area (Å²) in [5, 5.41) is 3.06. The van der Waals surface area contributed by atoms with Crippen molar-refractivity contribution >= 4 is 15.9 Å². The topological polar surface area (TPSA) is 111 Å². The molecule has 2 aliphatic rings. The van der Waals surface area contributed by atoms with Crippen molar-refractivity contribution in [3.8, 4) is 6.01 Å². The van der Waals surface area contributed by atoms with Crippen LogP contribution in [0.4, 0.5) is 0 Å². The fraction of sp³-hybridized carbons (Fsp3) is 0.522. The maximum absolute atomic E-state index is 12.7. The number of ether oxygens (including phenoxy) is 2. The van der Waals surface area contributed by atoms with Crippen LogP contribution in [0.5, 0.6) is 6.01 Å². The predicted molar refractivity (Wildman–Crippen MR) is 122 cm³/mol. The summed E-state index contributed by atoms with van der Waals surface area (Å²) in [5.41, 5.74) is 2.20. The van der Waals surface area contributed by atoms with Crippen LogP contribution in [0, 0.1) is 13.8 Å². The van der Waals surface area contributed by atoms with Crippen LogP contribution in [0.25, 0.3) is 0 Å². The van der Waals surface area contributed by atoms with Crippen LogP contribution in [0.3, 0.4) is 0 Å². The van der Waals surface area contributed by atoms with E-state index in [1.54, 1.807) is 12.1 Å². The summed E-state index contributed by atoms with van der Waals surface area (Å²) in [4.78, 5) is 21.5. The largest absolute Gasteiger partial charge is 0.460 e. The number of carbonyl (C=O) groups excluding carboxylic acids is 1. The predicted octanol–water partition coefficient (Wildman–Crippen LogP) is 2.23. The zero-order valence-corrected chi connectivity index (χ0v) is 19.8. The monoisotopic (exact) mass is 474 g/mol. The Hall–Kier alpha value is -2.56. The fourth-order valence-corrected chi connectivity index (χ4v) is 5.61. The van der Waals surface area contributed by atoms with E-state index in [0.717, 1.165) is 37.1 Å².